The summed E-state index contributed by atoms with van der Waals surface area (Å²) >= 11 is 12.2. The minimum absolute atomic E-state index is 0.749. The van der Waals surface area contributed by atoms with E-state index in [1.165, 1.54) is 0 Å². The van der Waals surface area contributed by atoms with Crippen LogP contribution in [0.3, 0.4) is 0 Å². The van der Waals surface area contributed by atoms with Gasteiger partial charge in [-0.1, -0.05) is 53.5 Å². The van der Waals surface area contributed by atoms with Crippen LogP contribution >= 0.6 is 23.2 Å². The van der Waals surface area contributed by atoms with Gasteiger partial charge in [0.05, 0.1) is 0 Å². The topological polar surface area (TPSA) is 0 Å². The van der Waals surface area contributed by atoms with Crippen molar-refractivity contribution in [1.29, 1.82) is 0 Å². The third-order valence-electron chi connectivity index (χ3n) is 2.77. The fourth-order valence-electron chi connectivity index (χ4n) is 2.04. The van der Waals surface area contributed by atoms with E-state index < -0.39 is 0 Å². The molecular weight excluding hydrogens is 239 g/mol. The molecule has 3 rings (SSSR count). The fourth-order valence-corrected chi connectivity index (χ4v) is 2.51. The van der Waals surface area contributed by atoms with E-state index in [2.05, 4.69) is 18.2 Å². The van der Waals surface area contributed by atoms with Gasteiger partial charge in [0.25, 0.3) is 0 Å². The Morgan fingerprint density at radius 2 is 1.56 bits per heavy atom. The normalized spacial score (nSPS) is 11.1. The molecule has 0 radical (unpaired) electrons. The van der Waals surface area contributed by atoms with E-state index in [0.717, 1.165) is 31.6 Å². The van der Waals surface area contributed by atoms with E-state index in [1.54, 1.807) is 0 Å². The van der Waals surface area contributed by atoms with Gasteiger partial charge in [-0.25, -0.2) is 0 Å². The van der Waals surface area contributed by atoms with Gasteiger partial charge in [-0.15, -0.1) is 0 Å². The summed E-state index contributed by atoms with van der Waals surface area (Å²) in [5.41, 5.74) is 0. The van der Waals surface area contributed by atoms with Crippen LogP contribution in [-0.4, -0.2) is 0 Å². The van der Waals surface area contributed by atoms with Crippen LogP contribution in [0.25, 0.3) is 21.5 Å². The second-order valence-corrected chi connectivity index (χ2v) is 4.61. The lowest BCUT2D eigenvalue weighted by Crippen LogP contribution is -1.78. The van der Waals surface area contributed by atoms with Gasteiger partial charge in [-0.3, -0.25) is 0 Å². The van der Waals surface area contributed by atoms with Crippen molar-refractivity contribution in [3.05, 3.63) is 58.6 Å². The van der Waals surface area contributed by atoms with E-state index in [1.807, 2.05) is 30.3 Å². The molecule has 78 valence electrons. The third kappa shape index (κ3) is 1.46. The van der Waals surface area contributed by atoms with E-state index in [9.17, 15) is 0 Å². The number of fused-ring (bicyclic) bond motifs is 3. The van der Waals surface area contributed by atoms with Crippen molar-refractivity contribution in [2.45, 2.75) is 0 Å². The predicted molar refractivity (Wildman–Crippen MR) is 71.5 cm³/mol. The summed E-state index contributed by atoms with van der Waals surface area (Å²) in [5.74, 6) is 0. The van der Waals surface area contributed by atoms with Crippen LogP contribution in [0.4, 0.5) is 0 Å². The van der Waals surface area contributed by atoms with Crippen molar-refractivity contribution in [3.8, 4) is 0 Å². The summed E-state index contributed by atoms with van der Waals surface area (Å²) < 4.78 is 0. The lowest BCUT2D eigenvalue weighted by molar-refractivity contribution is 1.76. The molecule has 16 heavy (non-hydrogen) atoms. The maximum absolute atomic E-state index is 6.24. The van der Waals surface area contributed by atoms with Crippen molar-refractivity contribution in [2.24, 2.45) is 0 Å². The molecule has 0 saturated heterocycles. The first-order chi connectivity index (χ1) is 7.75. The van der Waals surface area contributed by atoms with Gasteiger partial charge in [-0.05, 0) is 34.4 Å². The van der Waals surface area contributed by atoms with Crippen LogP contribution in [0.15, 0.2) is 48.5 Å². The molecule has 3 aromatic rings. The number of benzene rings is 3. The summed E-state index contributed by atoms with van der Waals surface area (Å²) in [6.45, 7) is 0. The molecule has 0 fully saturated rings. The highest BCUT2D eigenvalue weighted by molar-refractivity contribution is 6.38. The van der Waals surface area contributed by atoms with Gasteiger partial charge < -0.3 is 0 Å². The highest BCUT2D eigenvalue weighted by atomic mass is 35.5. The molecule has 0 N–H and O–H groups in total. The third-order valence-corrected chi connectivity index (χ3v) is 3.32. The van der Waals surface area contributed by atoms with Crippen molar-refractivity contribution >= 4 is 44.7 Å². The summed E-state index contributed by atoms with van der Waals surface area (Å²) in [6.07, 6.45) is 0. The number of hydrogen-bond acceptors (Lipinski definition) is 0. The van der Waals surface area contributed by atoms with Gasteiger partial charge >= 0.3 is 0 Å². The Labute approximate surface area is 103 Å². The quantitative estimate of drug-likeness (QED) is 0.473. The molecule has 0 aromatic heterocycles. The van der Waals surface area contributed by atoms with E-state index in [4.69, 9.17) is 23.2 Å². The Bertz CT molecular complexity index is 687. The zero-order valence-electron chi connectivity index (χ0n) is 8.37. The van der Waals surface area contributed by atoms with Crippen LogP contribution in [0.5, 0.6) is 0 Å². The average molecular weight is 247 g/mol. The summed E-state index contributed by atoms with van der Waals surface area (Å²) in [6, 6.07) is 16.0. The molecule has 0 amide bonds. The van der Waals surface area contributed by atoms with Crippen molar-refractivity contribution in [1.82, 2.24) is 0 Å². The zero-order valence-corrected chi connectivity index (χ0v) is 9.89. The first kappa shape index (κ1) is 9.95. The molecule has 0 aliphatic heterocycles. The van der Waals surface area contributed by atoms with Gasteiger partial charge in [0, 0.05) is 15.4 Å². The van der Waals surface area contributed by atoms with Crippen LogP contribution in [0, 0.1) is 0 Å². The lowest BCUT2D eigenvalue weighted by atomic mass is 10.0. The monoisotopic (exact) mass is 246 g/mol. The van der Waals surface area contributed by atoms with Crippen molar-refractivity contribution in [3.63, 3.8) is 0 Å². The molecule has 2 heteroatoms. The Balaban J connectivity index is 2.58. The molecule has 0 atom stereocenters. The molecule has 0 saturated carbocycles. The van der Waals surface area contributed by atoms with Gasteiger partial charge in [0.2, 0.25) is 0 Å². The SMILES string of the molecule is Clc1ccc2c(ccc3cccc(Cl)c32)c1. The second kappa shape index (κ2) is 3.65. The van der Waals surface area contributed by atoms with Crippen molar-refractivity contribution < 1.29 is 0 Å². The van der Waals surface area contributed by atoms with Gasteiger partial charge in [0.15, 0.2) is 0 Å². The summed E-state index contributed by atoms with van der Waals surface area (Å²) in [7, 11) is 0. The molecule has 0 aliphatic carbocycles. The first-order valence-corrected chi connectivity index (χ1v) is 5.78. The van der Waals surface area contributed by atoms with E-state index in [-0.39, 0.29) is 0 Å². The Hall–Kier alpha value is -1.24. The van der Waals surface area contributed by atoms with Crippen LogP contribution < -0.4 is 0 Å². The number of hydrogen-bond donors (Lipinski definition) is 0. The first-order valence-electron chi connectivity index (χ1n) is 5.02. The smallest absolute Gasteiger partial charge is 0.0490 e. The highest BCUT2D eigenvalue weighted by Gasteiger charge is 2.04. The molecule has 3 aromatic carbocycles. The van der Waals surface area contributed by atoms with Gasteiger partial charge in [0.1, 0.15) is 0 Å². The summed E-state index contributed by atoms with van der Waals surface area (Å²) in [5, 5.41) is 6.05. The minimum atomic E-state index is 0.749. The largest absolute Gasteiger partial charge is 0.0843 e. The van der Waals surface area contributed by atoms with Crippen LogP contribution in [0.2, 0.25) is 10.0 Å². The molecule has 0 aliphatic rings. The molecule has 0 unspecified atom stereocenters. The Morgan fingerprint density at radius 3 is 2.44 bits per heavy atom. The summed E-state index contributed by atoms with van der Waals surface area (Å²) in [4.78, 5) is 0. The predicted octanol–water partition coefficient (Wildman–Crippen LogP) is 5.30. The number of rotatable bonds is 0. The maximum atomic E-state index is 6.24. The van der Waals surface area contributed by atoms with Gasteiger partial charge in [-0.2, -0.15) is 0 Å². The van der Waals surface area contributed by atoms with E-state index >= 15 is 0 Å². The Kier molecular flexibility index (Phi) is 2.27. The molecule has 0 nitrogen and oxygen atoms in total. The molecule has 0 heterocycles. The second-order valence-electron chi connectivity index (χ2n) is 3.77. The Morgan fingerprint density at radius 1 is 0.750 bits per heavy atom. The molecule has 0 spiro atoms. The lowest BCUT2D eigenvalue weighted by Gasteiger charge is -2.05. The van der Waals surface area contributed by atoms with Crippen LogP contribution in [-0.2, 0) is 0 Å². The molecular formula is C14H8Cl2. The average Bonchev–Trinajstić information content (AvgIpc) is 2.29. The number of halogens is 2. The van der Waals surface area contributed by atoms with Crippen molar-refractivity contribution in [2.75, 3.05) is 0 Å². The van der Waals surface area contributed by atoms with Crippen LogP contribution in [0.1, 0.15) is 0 Å². The fraction of sp³-hybridized carbons (Fsp3) is 0. The molecule has 0 bridgehead atoms. The standard InChI is InChI=1S/C14H8Cl2/c15-11-6-7-12-10(8-11)5-4-9-2-1-3-13(16)14(9)12/h1-8H. The maximum Gasteiger partial charge on any atom is 0.0490 e. The zero-order chi connectivity index (χ0) is 11.1. The minimum Gasteiger partial charge on any atom is -0.0843 e. The highest BCUT2D eigenvalue weighted by Crippen LogP contribution is 2.32. The van der Waals surface area contributed by atoms with E-state index in [0.29, 0.717) is 0 Å².